The van der Waals surface area contributed by atoms with E-state index in [0.29, 0.717) is 0 Å². The van der Waals surface area contributed by atoms with Crippen molar-refractivity contribution in [1.29, 1.82) is 0 Å². The van der Waals surface area contributed by atoms with E-state index in [0.717, 1.165) is 86.1 Å². The van der Waals surface area contributed by atoms with Crippen LogP contribution in [0, 0.1) is 6.92 Å². The summed E-state index contributed by atoms with van der Waals surface area (Å²) < 4.78 is 7.41. The standard InChI is InChI=1S/C23H29N5O/c1-3-8-20-18(2)26-23-21(19-9-5-4-6-10-19)17-25-28(23)22(20)24-11-7-12-27-13-15-29-16-14-27/h3-6,9-10,17,24H,1,7-8,11-16H2,2H3/p+1. The third-order valence-electron chi connectivity index (χ3n) is 5.58. The number of allylic oxidation sites excluding steroid dienone is 1. The van der Waals surface area contributed by atoms with Crippen molar-refractivity contribution in [3.63, 3.8) is 0 Å². The molecule has 3 heterocycles. The number of anilines is 1. The third-order valence-corrected chi connectivity index (χ3v) is 5.58. The molecule has 6 heteroatoms. The van der Waals surface area contributed by atoms with Crippen LogP contribution in [0.1, 0.15) is 17.7 Å². The Morgan fingerprint density at radius 2 is 2.03 bits per heavy atom. The Morgan fingerprint density at radius 3 is 2.79 bits per heavy atom. The first-order valence-electron chi connectivity index (χ1n) is 10.5. The van der Waals surface area contributed by atoms with Gasteiger partial charge in [0, 0.05) is 29.8 Å². The van der Waals surface area contributed by atoms with Crippen LogP contribution in [0.4, 0.5) is 5.82 Å². The number of hydrogen-bond donors (Lipinski definition) is 2. The predicted octanol–water partition coefficient (Wildman–Crippen LogP) is 2.15. The van der Waals surface area contributed by atoms with Gasteiger partial charge in [0.15, 0.2) is 5.65 Å². The molecule has 0 amide bonds. The second kappa shape index (κ2) is 9.20. The van der Waals surface area contributed by atoms with E-state index < -0.39 is 0 Å². The first kappa shape index (κ1) is 19.6. The minimum Gasteiger partial charge on any atom is -0.370 e. The average molecular weight is 393 g/mol. The van der Waals surface area contributed by atoms with Gasteiger partial charge in [-0.15, -0.1) is 6.58 Å². The van der Waals surface area contributed by atoms with Crippen LogP contribution < -0.4 is 10.2 Å². The molecule has 0 radical (unpaired) electrons. The van der Waals surface area contributed by atoms with Gasteiger partial charge < -0.3 is 15.0 Å². The highest BCUT2D eigenvalue weighted by atomic mass is 16.5. The Kier molecular flexibility index (Phi) is 6.22. The molecular formula is C23H30N5O+. The van der Waals surface area contributed by atoms with E-state index >= 15 is 0 Å². The van der Waals surface area contributed by atoms with Gasteiger partial charge in [-0.3, -0.25) is 0 Å². The van der Waals surface area contributed by atoms with E-state index in [1.165, 1.54) is 0 Å². The van der Waals surface area contributed by atoms with Gasteiger partial charge in [-0.05, 0) is 18.9 Å². The van der Waals surface area contributed by atoms with Crippen LogP contribution in [-0.2, 0) is 11.2 Å². The van der Waals surface area contributed by atoms with E-state index in [9.17, 15) is 0 Å². The molecule has 0 unspecified atom stereocenters. The average Bonchev–Trinajstić information content (AvgIpc) is 3.18. The van der Waals surface area contributed by atoms with E-state index in [4.69, 9.17) is 9.72 Å². The number of nitrogens with zero attached hydrogens (tertiary/aromatic N) is 3. The molecule has 1 fully saturated rings. The number of quaternary nitrogens is 1. The number of rotatable bonds is 8. The fraction of sp³-hybridized carbons (Fsp3) is 0.391. The fourth-order valence-electron chi connectivity index (χ4n) is 3.99. The predicted molar refractivity (Wildman–Crippen MR) is 117 cm³/mol. The number of aryl methyl sites for hydroxylation is 1. The van der Waals surface area contributed by atoms with Gasteiger partial charge in [-0.2, -0.15) is 9.61 Å². The van der Waals surface area contributed by atoms with E-state index in [1.807, 2.05) is 35.0 Å². The van der Waals surface area contributed by atoms with E-state index in [1.54, 1.807) is 4.90 Å². The van der Waals surface area contributed by atoms with Crippen molar-refractivity contribution in [2.75, 3.05) is 44.7 Å². The Hall–Kier alpha value is -2.70. The Morgan fingerprint density at radius 1 is 1.24 bits per heavy atom. The van der Waals surface area contributed by atoms with Crippen LogP contribution in [0.2, 0.25) is 0 Å². The second-order valence-electron chi connectivity index (χ2n) is 7.57. The van der Waals surface area contributed by atoms with Crippen LogP contribution in [0.5, 0.6) is 0 Å². The van der Waals surface area contributed by atoms with Crippen molar-refractivity contribution in [1.82, 2.24) is 14.6 Å². The first-order valence-corrected chi connectivity index (χ1v) is 10.5. The van der Waals surface area contributed by atoms with Gasteiger partial charge in [0.05, 0.1) is 26.0 Å². The molecule has 0 spiro atoms. The molecule has 2 N–H and O–H groups in total. The highest BCUT2D eigenvalue weighted by Crippen LogP contribution is 2.28. The first-order chi connectivity index (χ1) is 14.3. The van der Waals surface area contributed by atoms with Gasteiger partial charge in [-0.1, -0.05) is 36.4 Å². The number of ether oxygens (including phenoxy) is 1. The van der Waals surface area contributed by atoms with E-state index in [2.05, 4.69) is 36.1 Å². The summed E-state index contributed by atoms with van der Waals surface area (Å²) in [5, 5.41) is 8.34. The molecule has 1 aliphatic rings. The van der Waals surface area contributed by atoms with Crippen LogP contribution in [0.3, 0.4) is 0 Å². The zero-order chi connectivity index (χ0) is 20.1. The van der Waals surface area contributed by atoms with Crippen LogP contribution in [0.15, 0.2) is 49.2 Å². The summed E-state index contributed by atoms with van der Waals surface area (Å²) in [6.45, 7) is 12.1. The van der Waals surface area contributed by atoms with Gasteiger partial charge in [0.1, 0.15) is 18.9 Å². The number of fused-ring (bicyclic) bond motifs is 1. The minimum atomic E-state index is 0.770. The van der Waals surface area contributed by atoms with Crippen LogP contribution in [-0.4, -0.2) is 54.0 Å². The lowest BCUT2D eigenvalue weighted by Crippen LogP contribution is -3.14. The summed E-state index contributed by atoms with van der Waals surface area (Å²) >= 11 is 0. The molecular weight excluding hydrogens is 362 g/mol. The van der Waals surface area contributed by atoms with Crippen molar-refractivity contribution in [3.05, 3.63) is 60.4 Å². The molecule has 29 heavy (non-hydrogen) atoms. The summed E-state index contributed by atoms with van der Waals surface area (Å²) in [4.78, 5) is 6.52. The molecule has 1 saturated heterocycles. The smallest absolute Gasteiger partial charge is 0.165 e. The number of nitrogens with one attached hydrogen (secondary N) is 2. The zero-order valence-corrected chi connectivity index (χ0v) is 17.2. The van der Waals surface area contributed by atoms with E-state index in [-0.39, 0.29) is 0 Å². The molecule has 1 aliphatic heterocycles. The molecule has 1 aromatic carbocycles. The fourth-order valence-corrected chi connectivity index (χ4v) is 3.99. The molecule has 2 aromatic heterocycles. The highest BCUT2D eigenvalue weighted by molar-refractivity contribution is 5.78. The maximum absolute atomic E-state index is 5.45. The molecule has 0 atom stereocenters. The van der Waals surface area contributed by atoms with Gasteiger partial charge >= 0.3 is 0 Å². The van der Waals surface area contributed by atoms with Crippen molar-refractivity contribution < 1.29 is 9.64 Å². The maximum atomic E-state index is 5.45. The summed E-state index contributed by atoms with van der Waals surface area (Å²) in [5.41, 5.74) is 5.26. The summed E-state index contributed by atoms with van der Waals surface area (Å²) in [5.74, 6) is 1.03. The lowest BCUT2D eigenvalue weighted by molar-refractivity contribution is -0.908. The largest absolute Gasteiger partial charge is 0.370 e. The van der Waals surface area contributed by atoms with Crippen molar-refractivity contribution >= 4 is 11.5 Å². The third kappa shape index (κ3) is 4.33. The second-order valence-corrected chi connectivity index (χ2v) is 7.57. The molecule has 0 saturated carbocycles. The van der Waals surface area contributed by atoms with Gasteiger partial charge in [0.25, 0.3) is 0 Å². The molecule has 0 bridgehead atoms. The Bertz CT molecular complexity index is 960. The SMILES string of the molecule is C=CCc1c(C)nc2c(-c3ccccc3)cnn2c1NCCC[NH+]1CCOCC1. The number of benzene rings is 1. The lowest BCUT2D eigenvalue weighted by Gasteiger charge is -2.24. The molecule has 4 rings (SSSR count). The molecule has 6 nitrogen and oxygen atoms in total. The number of hydrogen-bond acceptors (Lipinski definition) is 4. The Labute approximate surface area is 172 Å². The normalized spacial score (nSPS) is 14.9. The zero-order valence-electron chi connectivity index (χ0n) is 17.2. The molecule has 0 aliphatic carbocycles. The summed E-state index contributed by atoms with van der Waals surface area (Å²) in [6, 6.07) is 10.3. The molecule has 152 valence electrons. The summed E-state index contributed by atoms with van der Waals surface area (Å²) in [7, 11) is 0. The highest BCUT2D eigenvalue weighted by Gasteiger charge is 2.17. The molecule has 3 aromatic rings. The maximum Gasteiger partial charge on any atom is 0.165 e. The van der Waals surface area contributed by atoms with Gasteiger partial charge in [-0.25, -0.2) is 4.98 Å². The Balaban J connectivity index is 1.59. The van der Waals surface area contributed by atoms with Crippen molar-refractivity contribution in [2.24, 2.45) is 0 Å². The number of aromatic nitrogens is 3. The van der Waals surface area contributed by atoms with Crippen LogP contribution >= 0.6 is 0 Å². The van der Waals surface area contributed by atoms with Crippen molar-refractivity contribution in [2.45, 2.75) is 19.8 Å². The minimum absolute atomic E-state index is 0.770. The quantitative estimate of drug-likeness (QED) is 0.456. The number of morpholine rings is 1. The topological polar surface area (TPSA) is 55.9 Å². The lowest BCUT2D eigenvalue weighted by atomic mass is 10.1. The monoisotopic (exact) mass is 392 g/mol. The summed E-state index contributed by atoms with van der Waals surface area (Å²) in [6.07, 6.45) is 5.73. The van der Waals surface area contributed by atoms with Crippen molar-refractivity contribution in [3.8, 4) is 11.1 Å². The van der Waals surface area contributed by atoms with Gasteiger partial charge in [0.2, 0.25) is 0 Å². The van der Waals surface area contributed by atoms with Crippen LogP contribution in [0.25, 0.3) is 16.8 Å².